The zero-order chi connectivity index (χ0) is 22.9. The van der Waals surface area contributed by atoms with E-state index < -0.39 is 39.8 Å². The number of hydrogen-bond donors (Lipinski definition) is 2. The second-order valence-corrected chi connectivity index (χ2v) is 7.13. The third-order valence-electron chi connectivity index (χ3n) is 4.67. The Morgan fingerprint density at radius 1 is 1.10 bits per heavy atom. The fourth-order valence-electron chi connectivity index (χ4n) is 3.01. The third-order valence-corrected chi connectivity index (χ3v) is 5.00. The van der Waals surface area contributed by atoms with Crippen LogP contribution in [0.25, 0.3) is 0 Å². The summed E-state index contributed by atoms with van der Waals surface area (Å²) in [6.45, 7) is 0.732. The van der Waals surface area contributed by atoms with Gasteiger partial charge in [-0.05, 0) is 30.7 Å². The van der Waals surface area contributed by atoms with Crippen molar-refractivity contribution in [2.24, 2.45) is 0 Å². The van der Waals surface area contributed by atoms with Crippen molar-refractivity contribution in [3.63, 3.8) is 0 Å². The normalized spacial score (nSPS) is 17.9. The number of anilines is 1. The average Bonchev–Trinajstić information content (AvgIpc) is 2.93. The number of nitrogens with zero attached hydrogens (tertiary/aromatic N) is 3. The van der Waals surface area contributed by atoms with E-state index in [4.69, 9.17) is 11.6 Å². The number of non-ortho nitro benzene ring substituents is 2. The van der Waals surface area contributed by atoms with Gasteiger partial charge in [0.1, 0.15) is 12.1 Å². The molecule has 0 aromatic heterocycles. The summed E-state index contributed by atoms with van der Waals surface area (Å²) in [6, 6.07) is 7.66. The maximum atomic E-state index is 12.9. The minimum absolute atomic E-state index is 0.0341. The summed E-state index contributed by atoms with van der Waals surface area (Å²) in [6.07, 6.45) is 0. The molecule has 0 aliphatic carbocycles. The number of urea groups is 1. The monoisotopic (exact) mass is 447 g/mol. The molecule has 0 radical (unpaired) electrons. The van der Waals surface area contributed by atoms with E-state index >= 15 is 0 Å². The highest BCUT2D eigenvalue weighted by atomic mass is 35.5. The molecule has 0 bridgehead atoms. The molecule has 1 heterocycles. The molecular formula is C18H14ClN5O7. The maximum Gasteiger partial charge on any atom is 0.325 e. The maximum absolute atomic E-state index is 12.9. The lowest BCUT2D eigenvalue weighted by Gasteiger charge is -2.22. The predicted octanol–water partition coefficient (Wildman–Crippen LogP) is 2.56. The molecule has 12 nitrogen and oxygen atoms in total. The van der Waals surface area contributed by atoms with Crippen LogP contribution in [0.4, 0.5) is 21.9 Å². The van der Waals surface area contributed by atoms with Gasteiger partial charge in [-0.25, -0.2) is 4.79 Å². The highest BCUT2D eigenvalue weighted by Gasteiger charge is 2.49. The van der Waals surface area contributed by atoms with Crippen molar-refractivity contribution in [2.45, 2.75) is 12.5 Å². The first-order valence-electron chi connectivity index (χ1n) is 8.66. The Morgan fingerprint density at radius 3 is 2.26 bits per heavy atom. The number of benzene rings is 2. The van der Waals surface area contributed by atoms with Crippen LogP contribution in [-0.2, 0) is 15.1 Å². The van der Waals surface area contributed by atoms with Crippen LogP contribution in [-0.4, -0.2) is 39.1 Å². The van der Waals surface area contributed by atoms with Gasteiger partial charge in [0.25, 0.3) is 17.3 Å². The van der Waals surface area contributed by atoms with Gasteiger partial charge in [0.15, 0.2) is 0 Å². The number of carbonyl (C=O) groups excluding carboxylic acids is 3. The van der Waals surface area contributed by atoms with Crippen LogP contribution in [0.5, 0.6) is 0 Å². The highest BCUT2D eigenvalue weighted by molar-refractivity contribution is 6.33. The fraction of sp³-hybridized carbons (Fsp3) is 0.167. The summed E-state index contributed by atoms with van der Waals surface area (Å²) >= 11 is 5.93. The van der Waals surface area contributed by atoms with E-state index in [0.717, 1.165) is 12.1 Å². The first-order chi connectivity index (χ1) is 14.5. The molecule has 1 aliphatic rings. The highest BCUT2D eigenvalue weighted by Crippen LogP contribution is 2.30. The van der Waals surface area contributed by atoms with Crippen molar-refractivity contribution in [1.29, 1.82) is 0 Å². The van der Waals surface area contributed by atoms with Crippen LogP contribution in [0.15, 0.2) is 42.5 Å². The Balaban J connectivity index is 1.77. The standard InChI is InChI=1S/C18H14ClN5O7/c1-18(10-2-4-11(5-3-10)23(28)29)16(26)22(17(27)21-18)9-15(25)20-14-8-12(24(30)31)6-7-13(14)19/h2-8H,9H2,1H3,(H,20,25)(H,21,27). The largest absolute Gasteiger partial charge is 0.325 e. The molecule has 160 valence electrons. The van der Waals surface area contributed by atoms with Crippen LogP contribution >= 0.6 is 11.6 Å². The lowest BCUT2D eigenvalue weighted by atomic mass is 9.92. The molecule has 3 rings (SSSR count). The van der Waals surface area contributed by atoms with Gasteiger partial charge in [0.05, 0.1) is 20.6 Å². The van der Waals surface area contributed by atoms with Crippen molar-refractivity contribution < 1.29 is 24.2 Å². The van der Waals surface area contributed by atoms with Crippen LogP contribution < -0.4 is 10.6 Å². The number of carbonyl (C=O) groups is 3. The lowest BCUT2D eigenvalue weighted by molar-refractivity contribution is -0.385. The zero-order valence-corrected chi connectivity index (χ0v) is 16.6. The molecule has 2 aromatic carbocycles. The van der Waals surface area contributed by atoms with Crippen LogP contribution in [0.3, 0.4) is 0 Å². The topological polar surface area (TPSA) is 165 Å². The second kappa shape index (κ2) is 7.99. The van der Waals surface area contributed by atoms with Gasteiger partial charge in [-0.1, -0.05) is 11.6 Å². The van der Waals surface area contributed by atoms with Crippen LogP contribution in [0.1, 0.15) is 12.5 Å². The Labute approximate surface area is 179 Å². The SMILES string of the molecule is CC1(c2ccc([N+](=O)[O-])cc2)NC(=O)N(CC(=O)Nc2cc([N+](=O)[O-])ccc2Cl)C1=O. The van der Waals surface area contributed by atoms with E-state index in [1.165, 1.54) is 37.3 Å². The van der Waals surface area contributed by atoms with Gasteiger partial charge < -0.3 is 10.6 Å². The summed E-state index contributed by atoms with van der Waals surface area (Å²) < 4.78 is 0. The van der Waals surface area contributed by atoms with Gasteiger partial charge in [0, 0.05) is 24.3 Å². The fourth-order valence-corrected chi connectivity index (χ4v) is 3.17. The van der Waals surface area contributed by atoms with E-state index in [-0.39, 0.29) is 22.1 Å². The van der Waals surface area contributed by atoms with E-state index in [2.05, 4.69) is 10.6 Å². The number of nitrogens with one attached hydrogen (secondary N) is 2. The molecule has 0 saturated carbocycles. The average molecular weight is 448 g/mol. The summed E-state index contributed by atoms with van der Waals surface area (Å²) in [5, 5.41) is 26.5. The number of nitro groups is 2. The number of nitro benzene ring substituents is 2. The van der Waals surface area contributed by atoms with Gasteiger partial charge in [0.2, 0.25) is 5.91 Å². The Bertz CT molecular complexity index is 1120. The van der Waals surface area contributed by atoms with Gasteiger partial charge in [-0.15, -0.1) is 0 Å². The number of imide groups is 1. The number of rotatable bonds is 6. The van der Waals surface area contributed by atoms with Crippen molar-refractivity contribution in [1.82, 2.24) is 10.2 Å². The molecule has 0 spiro atoms. The number of hydrogen-bond acceptors (Lipinski definition) is 7. The summed E-state index contributed by atoms with van der Waals surface area (Å²) in [7, 11) is 0. The smallest absolute Gasteiger partial charge is 0.323 e. The Hall–Kier alpha value is -4.06. The van der Waals surface area contributed by atoms with Gasteiger partial charge in [-0.3, -0.25) is 34.7 Å². The molecule has 4 amide bonds. The molecule has 1 fully saturated rings. The number of halogens is 1. The zero-order valence-electron chi connectivity index (χ0n) is 15.8. The third kappa shape index (κ3) is 4.14. The van der Waals surface area contributed by atoms with Crippen LogP contribution in [0, 0.1) is 20.2 Å². The Kier molecular flexibility index (Phi) is 5.58. The first kappa shape index (κ1) is 21.6. The summed E-state index contributed by atoms with van der Waals surface area (Å²) in [5.74, 6) is -1.55. The van der Waals surface area contributed by atoms with E-state index in [9.17, 15) is 34.6 Å². The molecule has 1 atom stereocenters. The quantitative estimate of drug-likeness (QED) is 0.390. The molecule has 2 N–H and O–H groups in total. The van der Waals surface area contributed by atoms with Crippen molar-refractivity contribution in [3.05, 3.63) is 73.3 Å². The molecule has 31 heavy (non-hydrogen) atoms. The van der Waals surface area contributed by atoms with Gasteiger partial charge in [-0.2, -0.15) is 0 Å². The molecule has 1 aliphatic heterocycles. The van der Waals surface area contributed by atoms with Crippen LogP contribution in [0.2, 0.25) is 5.02 Å². The number of amides is 4. The van der Waals surface area contributed by atoms with Crippen molar-refractivity contribution >= 4 is 46.5 Å². The van der Waals surface area contributed by atoms with E-state index in [1.807, 2.05) is 0 Å². The van der Waals surface area contributed by atoms with Crippen molar-refractivity contribution in [3.8, 4) is 0 Å². The van der Waals surface area contributed by atoms with E-state index in [0.29, 0.717) is 10.5 Å². The summed E-state index contributed by atoms with van der Waals surface area (Å²) in [5.41, 5.74) is -1.78. The van der Waals surface area contributed by atoms with E-state index in [1.54, 1.807) is 0 Å². The lowest BCUT2D eigenvalue weighted by Crippen LogP contribution is -2.42. The Morgan fingerprint density at radius 2 is 1.68 bits per heavy atom. The van der Waals surface area contributed by atoms with Crippen molar-refractivity contribution in [2.75, 3.05) is 11.9 Å². The molecule has 2 aromatic rings. The minimum Gasteiger partial charge on any atom is -0.323 e. The summed E-state index contributed by atoms with van der Waals surface area (Å²) in [4.78, 5) is 58.7. The first-order valence-corrected chi connectivity index (χ1v) is 9.03. The predicted molar refractivity (Wildman–Crippen MR) is 107 cm³/mol. The molecule has 13 heteroatoms. The molecule has 1 saturated heterocycles. The minimum atomic E-state index is -1.53. The molecular weight excluding hydrogens is 434 g/mol. The molecule has 1 unspecified atom stereocenters. The second-order valence-electron chi connectivity index (χ2n) is 6.72. The van der Waals surface area contributed by atoms with Gasteiger partial charge >= 0.3 is 6.03 Å².